The van der Waals surface area contributed by atoms with Crippen molar-refractivity contribution in [1.29, 1.82) is 0 Å². The molecule has 1 N–H and O–H groups in total. The van der Waals surface area contributed by atoms with Crippen molar-refractivity contribution in [2.45, 2.75) is 26.2 Å². The molecule has 0 aliphatic heterocycles. The topological polar surface area (TPSA) is 21.3 Å². The van der Waals surface area contributed by atoms with E-state index in [9.17, 15) is 0 Å². The molecule has 3 heteroatoms. The Morgan fingerprint density at radius 1 is 1.53 bits per heavy atom. The summed E-state index contributed by atoms with van der Waals surface area (Å²) < 4.78 is 5.08. The van der Waals surface area contributed by atoms with E-state index in [4.69, 9.17) is 4.74 Å². The van der Waals surface area contributed by atoms with Crippen molar-refractivity contribution in [2.75, 3.05) is 26.8 Å². The van der Waals surface area contributed by atoms with Gasteiger partial charge in [0.2, 0.25) is 0 Å². The molecule has 1 fully saturated rings. The minimum Gasteiger partial charge on any atom is -0.383 e. The third-order valence-corrected chi connectivity index (χ3v) is 4.49. The van der Waals surface area contributed by atoms with Gasteiger partial charge in [-0.25, -0.2) is 0 Å². The van der Waals surface area contributed by atoms with Crippen LogP contribution in [0.2, 0.25) is 0 Å². The summed E-state index contributed by atoms with van der Waals surface area (Å²) in [4.78, 5) is 0. The van der Waals surface area contributed by atoms with Gasteiger partial charge in [-0.2, -0.15) is 11.3 Å². The Balaban J connectivity index is 1.85. The van der Waals surface area contributed by atoms with Gasteiger partial charge in [-0.3, -0.25) is 0 Å². The van der Waals surface area contributed by atoms with Crippen LogP contribution in [-0.2, 0) is 11.2 Å². The number of nitrogens with one attached hydrogen (secondary N) is 1. The van der Waals surface area contributed by atoms with Crippen LogP contribution in [0.1, 0.15) is 25.3 Å². The van der Waals surface area contributed by atoms with Crippen molar-refractivity contribution < 1.29 is 4.74 Å². The highest BCUT2D eigenvalue weighted by Crippen LogP contribution is 2.47. The molecular weight excluding hydrogens is 230 g/mol. The standard InChI is InChI=1S/C14H23NOS/c1-14(13-3-4-13,11-15-6-7-16-2)9-12-5-8-17-10-12/h5,8,10,13,15H,3-4,6-7,9,11H2,1-2H3. The van der Waals surface area contributed by atoms with E-state index in [1.165, 1.54) is 24.8 Å². The van der Waals surface area contributed by atoms with E-state index in [1.54, 1.807) is 18.4 Å². The lowest BCUT2D eigenvalue weighted by Gasteiger charge is -2.30. The third kappa shape index (κ3) is 3.80. The van der Waals surface area contributed by atoms with Gasteiger partial charge in [-0.1, -0.05) is 6.92 Å². The van der Waals surface area contributed by atoms with E-state index >= 15 is 0 Å². The quantitative estimate of drug-likeness (QED) is 0.719. The third-order valence-electron chi connectivity index (χ3n) is 3.76. The van der Waals surface area contributed by atoms with Crippen LogP contribution < -0.4 is 5.32 Å². The van der Waals surface area contributed by atoms with Gasteiger partial charge < -0.3 is 10.1 Å². The van der Waals surface area contributed by atoms with Gasteiger partial charge in [-0.15, -0.1) is 0 Å². The molecule has 1 aromatic heterocycles. The predicted molar refractivity (Wildman–Crippen MR) is 73.6 cm³/mol. The molecule has 0 amide bonds. The van der Waals surface area contributed by atoms with Crippen molar-refractivity contribution in [3.63, 3.8) is 0 Å². The molecule has 0 bridgehead atoms. The average Bonchev–Trinajstić information content (AvgIpc) is 3.07. The highest BCUT2D eigenvalue weighted by Gasteiger charge is 2.40. The maximum absolute atomic E-state index is 5.08. The van der Waals surface area contributed by atoms with Crippen LogP contribution in [0.5, 0.6) is 0 Å². The van der Waals surface area contributed by atoms with Gasteiger partial charge in [0, 0.05) is 20.2 Å². The fourth-order valence-corrected chi connectivity index (χ4v) is 3.21. The minimum atomic E-state index is 0.425. The van der Waals surface area contributed by atoms with Gasteiger partial charge >= 0.3 is 0 Å². The molecule has 1 aliphatic rings. The second-order valence-electron chi connectivity index (χ2n) is 5.41. The second kappa shape index (κ2) is 5.98. The first-order valence-corrected chi connectivity index (χ1v) is 7.39. The zero-order valence-electron chi connectivity index (χ0n) is 10.9. The predicted octanol–water partition coefficient (Wildman–Crippen LogP) is 2.94. The molecule has 1 atom stereocenters. The first-order chi connectivity index (χ1) is 8.24. The number of ether oxygens (including phenoxy) is 1. The van der Waals surface area contributed by atoms with Crippen LogP contribution in [0.25, 0.3) is 0 Å². The zero-order chi connectivity index (χ0) is 12.1. The summed E-state index contributed by atoms with van der Waals surface area (Å²) in [7, 11) is 1.76. The molecule has 1 heterocycles. The van der Waals surface area contributed by atoms with Crippen LogP contribution in [0.3, 0.4) is 0 Å². The molecule has 1 aliphatic carbocycles. The molecule has 0 aromatic carbocycles. The van der Waals surface area contributed by atoms with Gasteiger partial charge in [-0.05, 0) is 53.0 Å². The summed E-state index contributed by atoms with van der Waals surface area (Å²) in [6.07, 6.45) is 4.03. The first kappa shape index (κ1) is 13.1. The van der Waals surface area contributed by atoms with Crippen molar-refractivity contribution >= 4 is 11.3 Å². The highest BCUT2D eigenvalue weighted by atomic mass is 32.1. The number of hydrogen-bond acceptors (Lipinski definition) is 3. The van der Waals surface area contributed by atoms with Crippen molar-refractivity contribution in [2.24, 2.45) is 11.3 Å². The first-order valence-electron chi connectivity index (χ1n) is 6.45. The summed E-state index contributed by atoms with van der Waals surface area (Å²) in [5.41, 5.74) is 1.92. The van der Waals surface area contributed by atoms with Crippen LogP contribution in [-0.4, -0.2) is 26.8 Å². The lowest BCUT2D eigenvalue weighted by Crippen LogP contribution is -2.36. The molecule has 0 saturated heterocycles. The second-order valence-corrected chi connectivity index (χ2v) is 6.19. The van der Waals surface area contributed by atoms with E-state index in [0.717, 1.165) is 25.6 Å². The Morgan fingerprint density at radius 2 is 2.35 bits per heavy atom. The summed E-state index contributed by atoms with van der Waals surface area (Å²) in [6, 6.07) is 2.26. The summed E-state index contributed by atoms with van der Waals surface area (Å²) in [5, 5.41) is 8.01. The molecule has 1 saturated carbocycles. The molecular formula is C14H23NOS. The fraction of sp³-hybridized carbons (Fsp3) is 0.714. The van der Waals surface area contributed by atoms with Gasteiger partial charge in [0.05, 0.1) is 6.61 Å². The van der Waals surface area contributed by atoms with Gasteiger partial charge in [0.25, 0.3) is 0 Å². The Hall–Kier alpha value is -0.380. The smallest absolute Gasteiger partial charge is 0.0587 e. The molecule has 1 aromatic rings. The van der Waals surface area contributed by atoms with E-state index in [0.29, 0.717) is 5.41 Å². The maximum atomic E-state index is 5.08. The largest absolute Gasteiger partial charge is 0.383 e. The molecule has 17 heavy (non-hydrogen) atoms. The van der Waals surface area contributed by atoms with E-state index < -0.39 is 0 Å². The summed E-state index contributed by atoms with van der Waals surface area (Å²) in [5.74, 6) is 0.914. The highest BCUT2D eigenvalue weighted by molar-refractivity contribution is 7.07. The number of rotatable bonds is 8. The number of thiophene rings is 1. The molecule has 2 nitrogen and oxygen atoms in total. The van der Waals surface area contributed by atoms with Crippen molar-refractivity contribution in [3.8, 4) is 0 Å². The number of hydrogen-bond donors (Lipinski definition) is 1. The van der Waals surface area contributed by atoms with Gasteiger partial charge in [0.15, 0.2) is 0 Å². The Morgan fingerprint density at radius 3 is 2.94 bits per heavy atom. The Labute approximate surface area is 108 Å². The molecule has 2 rings (SSSR count). The fourth-order valence-electron chi connectivity index (χ4n) is 2.54. The van der Waals surface area contributed by atoms with Gasteiger partial charge in [0.1, 0.15) is 0 Å². The summed E-state index contributed by atoms with van der Waals surface area (Å²) in [6.45, 7) is 5.31. The maximum Gasteiger partial charge on any atom is 0.0587 e. The Kier molecular flexibility index (Phi) is 4.60. The van der Waals surface area contributed by atoms with Crippen LogP contribution in [0.4, 0.5) is 0 Å². The molecule has 96 valence electrons. The van der Waals surface area contributed by atoms with Crippen LogP contribution >= 0.6 is 11.3 Å². The average molecular weight is 253 g/mol. The van der Waals surface area contributed by atoms with Crippen molar-refractivity contribution in [1.82, 2.24) is 5.32 Å². The zero-order valence-corrected chi connectivity index (χ0v) is 11.7. The minimum absolute atomic E-state index is 0.425. The lowest BCUT2D eigenvalue weighted by atomic mass is 9.79. The lowest BCUT2D eigenvalue weighted by molar-refractivity contribution is 0.187. The summed E-state index contributed by atoms with van der Waals surface area (Å²) >= 11 is 1.80. The van der Waals surface area contributed by atoms with Crippen LogP contribution in [0.15, 0.2) is 16.8 Å². The SMILES string of the molecule is COCCNCC(C)(Cc1ccsc1)C1CC1. The number of methoxy groups -OCH3 is 1. The Bertz CT molecular complexity index is 321. The van der Waals surface area contributed by atoms with E-state index in [1.807, 2.05) is 0 Å². The molecule has 0 radical (unpaired) electrons. The molecule has 0 spiro atoms. The monoisotopic (exact) mass is 253 g/mol. The van der Waals surface area contributed by atoms with E-state index in [2.05, 4.69) is 29.1 Å². The molecule has 1 unspecified atom stereocenters. The normalized spacial score (nSPS) is 19.2. The van der Waals surface area contributed by atoms with Crippen molar-refractivity contribution in [3.05, 3.63) is 22.4 Å². The van der Waals surface area contributed by atoms with Crippen LogP contribution in [0, 0.1) is 11.3 Å². The van der Waals surface area contributed by atoms with E-state index in [-0.39, 0.29) is 0 Å².